The van der Waals surface area contributed by atoms with E-state index in [1.165, 1.54) is 12.1 Å². The van der Waals surface area contributed by atoms with Crippen molar-refractivity contribution >= 4 is 27.5 Å². The highest BCUT2D eigenvalue weighted by atomic mass is 79.9. The first-order valence-corrected chi connectivity index (χ1v) is 5.46. The fourth-order valence-electron chi connectivity index (χ4n) is 1.30. The Balaban J connectivity index is 2.24. The first-order chi connectivity index (χ1) is 8.08. The van der Waals surface area contributed by atoms with Gasteiger partial charge in [0.25, 0.3) is 5.91 Å². The van der Waals surface area contributed by atoms with E-state index in [1.807, 2.05) is 0 Å². The minimum Gasteiger partial charge on any atom is -0.356 e. The third-order valence-electron chi connectivity index (χ3n) is 2.09. The van der Waals surface area contributed by atoms with Crippen LogP contribution in [0.4, 0.5) is 14.5 Å². The Labute approximate surface area is 104 Å². The maximum Gasteiger partial charge on any atom is 0.272 e. The van der Waals surface area contributed by atoms with E-state index >= 15 is 0 Å². The van der Waals surface area contributed by atoms with Gasteiger partial charge in [0.05, 0.1) is 0 Å². The molecular weight excluding hydrogens is 294 g/mol. The second-order valence-corrected chi connectivity index (χ2v) is 4.20. The lowest BCUT2D eigenvalue weighted by Gasteiger charge is -2.05. The van der Waals surface area contributed by atoms with Crippen molar-refractivity contribution in [1.29, 1.82) is 0 Å². The number of aromatic nitrogens is 1. The van der Waals surface area contributed by atoms with Gasteiger partial charge in [-0.15, -0.1) is 0 Å². The first kappa shape index (κ1) is 11.8. The van der Waals surface area contributed by atoms with Crippen LogP contribution >= 0.6 is 15.9 Å². The standard InChI is InChI=1S/C11H7BrF2N2O/c12-6-4-9(15-5-6)11(17)16-10-7(13)2-1-3-8(10)14/h1-5,15H,(H,16,17). The molecule has 1 aromatic heterocycles. The highest BCUT2D eigenvalue weighted by Gasteiger charge is 2.14. The van der Waals surface area contributed by atoms with Crippen LogP contribution in [0.5, 0.6) is 0 Å². The average Bonchev–Trinajstić information content (AvgIpc) is 2.70. The van der Waals surface area contributed by atoms with Crippen LogP contribution in [-0.4, -0.2) is 10.9 Å². The van der Waals surface area contributed by atoms with Gasteiger partial charge in [0.15, 0.2) is 0 Å². The summed E-state index contributed by atoms with van der Waals surface area (Å²) >= 11 is 3.16. The number of hydrogen-bond acceptors (Lipinski definition) is 1. The summed E-state index contributed by atoms with van der Waals surface area (Å²) in [6.07, 6.45) is 1.55. The number of carbonyl (C=O) groups excluding carboxylic acids is 1. The zero-order chi connectivity index (χ0) is 12.4. The molecule has 6 heteroatoms. The van der Waals surface area contributed by atoms with Gasteiger partial charge in [-0.3, -0.25) is 4.79 Å². The van der Waals surface area contributed by atoms with Crippen molar-refractivity contribution in [2.24, 2.45) is 0 Å². The summed E-state index contributed by atoms with van der Waals surface area (Å²) in [5, 5.41) is 2.17. The molecule has 0 fully saturated rings. The molecule has 1 aromatic carbocycles. The summed E-state index contributed by atoms with van der Waals surface area (Å²) in [5.74, 6) is -2.24. The van der Waals surface area contributed by atoms with E-state index in [4.69, 9.17) is 0 Å². The van der Waals surface area contributed by atoms with Crippen LogP contribution in [0.1, 0.15) is 10.5 Å². The number of amides is 1. The van der Waals surface area contributed by atoms with Crippen molar-refractivity contribution in [2.75, 3.05) is 5.32 Å². The molecule has 1 amide bonds. The van der Waals surface area contributed by atoms with Gasteiger partial charge in [0.1, 0.15) is 23.0 Å². The van der Waals surface area contributed by atoms with E-state index in [1.54, 1.807) is 6.20 Å². The number of hydrogen-bond donors (Lipinski definition) is 2. The Bertz CT molecular complexity index is 548. The highest BCUT2D eigenvalue weighted by molar-refractivity contribution is 9.10. The van der Waals surface area contributed by atoms with E-state index in [-0.39, 0.29) is 5.69 Å². The van der Waals surface area contributed by atoms with Gasteiger partial charge in [-0.2, -0.15) is 0 Å². The molecule has 0 aliphatic rings. The Hall–Kier alpha value is -1.69. The van der Waals surface area contributed by atoms with Gasteiger partial charge in [-0.05, 0) is 34.1 Å². The Morgan fingerprint density at radius 1 is 1.29 bits per heavy atom. The average molecular weight is 301 g/mol. The number of anilines is 1. The molecule has 88 valence electrons. The second-order valence-electron chi connectivity index (χ2n) is 3.28. The number of rotatable bonds is 2. The maximum atomic E-state index is 13.3. The van der Waals surface area contributed by atoms with Crippen molar-refractivity contribution in [1.82, 2.24) is 4.98 Å². The lowest BCUT2D eigenvalue weighted by atomic mass is 10.3. The maximum absolute atomic E-state index is 13.3. The predicted octanol–water partition coefficient (Wildman–Crippen LogP) is 3.31. The Kier molecular flexibility index (Phi) is 3.23. The molecule has 0 unspecified atom stereocenters. The summed E-state index contributed by atoms with van der Waals surface area (Å²) in [4.78, 5) is 14.3. The van der Waals surface area contributed by atoms with E-state index in [0.29, 0.717) is 4.47 Å². The minimum atomic E-state index is -0.816. The van der Waals surface area contributed by atoms with Gasteiger partial charge < -0.3 is 10.3 Å². The predicted molar refractivity (Wildman–Crippen MR) is 62.8 cm³/mol. The third-order valence-corrected chi connectivity index (χ3v) is 2.55. The molecule has 0 aliphatic carbocycles. The van der Waals surface area contributed by atoms with Crippen molar-refractivity contribution in [3.63, 3.8) is 0 Å². The molecular formula is C11H7BrF2N2O. The van der Waals surface area contributed by atoms with Crippen LogP contribution in [0, 0.1) is 11.6 Å². The SMILES string of the molecule is O=C(Nc1c(F)cccc1F)c1cc(Br)c[nH]1. The Morgan fingerprint density at radius 3 is 2.47 bits per heavy atom. The molecule has 2 aromatic rings. The number of carbonyl (C=O) groups is 1. The smallest absolute Gasteiger partial charge is 0.272 e. The third kappa shape index (κ3) is 2.52. The topological polar surface area (TPSA) is 44.9 Å². The molecule has 0 atom stereocenters. The van der Waals surface area contributed by atoms with E-state index < -0.39 is 23.2 Å². The van der Waals surface area contributed by atoms with E-state index in [2.05, 4.69) is 26.2 Å². The molecule has 1 heterocycles. The largest absolute Gasteiger partial charge is 0.356 e. The molecule has 0 bridgehead atoms. The van der Waals surface area contributed by atoms with Gasteiger partial charge in [0, 0.05) is 10.7 Å². The molecule has 3 nitrogen and oxygen atoms in total. The van der Waals surface area contributed by atoms with Gasteiger partial charge in [-0.1, -0.05) is 6.07 Å². The van der Waals surface area contributed by atoms with Crippen LogP contribution in [0.15, 0.2) is 34.9 Å². The molecule has 0 aliphatic heterocycles. The number of para-hydroxylation sites is 1. The van der Waals surface area contributed by atoms with Crippen LogP contribution in [0.2, 0.25) is 0 Å². The number of aromatic amines is 1. The summed E-state index contributed by atoms with van der Waals surface area (Å²) in [6.45, 7) is 0. The Morgan fingerprint density at radius 2 is 1.94 bits per heavy atom. The molecule has 0 spiro atoms. The zero-order valence-electron chi connectivity index (χ0n) is 8.43. The summed E-state index contributed by atoms with van der Waals surface area (Å²) < 4.78 is 27.2. The highest BCUT2D eigenvalue weighted by Crippen LogP contribution is 2.19. The number of H-pyrrole nitrogens is 1. The van der Waals surface area contributed by atoms with Crippen LogP contribution in [0.3, 0.4) is 0 Å². The van der Waals surface area contributed by atoms with E-state index in [9.17, 15) is 13.6 Å². The van der Waals surface area contributed by atoms with Crippen LogP contribution in [-0.2, 0) is 0 Å². The van der Waals surface area contributed by atoms with Gasteiger partial charge >= 0.3 is 0 Å². The minimum absolute atomic E-state index is 0.208. The van der Waals surface area contributed by atoms with Gasteiger partial charge in [0.2, 0.25) is 0 Å². The summed E-state index contributed by atoms with van der Waals surface area (Å²) in [5.41, 5.74) is -0.247. The first-order valence-electron chi connectivity index (χ1n) is 4.67. The second kappa shape index (κ2) is 4.67. The fraction of sp³-hybridized carbons (Fsp3) is 0. The van der Waals surface area contributed by atoms with Crippen molar-refractivity contribution in [3.8, 4) is 0 Å². The lowest BCUT2D eigenvalue weighted by molar-refractivity contribution is 0.102. The quantitative estimate of drug-likeness (QED) is 0.878. The molecule has 0 saturated carbocycles. The molecule has 0 radical (unpaired) electrons. The number of halogens is 3. The van der Waals surface area contributed by atoms with Crippen LogP contribution in [0.25, 0.3) is 0 Å². The van der Waals surface area contributed by atoms with Crippen molar-refractivity contribution in [2.45, 2.75) is 0 Å². The zero-order valence-corrected chi connectivity index (χ0v) is 10.0. The monoisotopic (exact) mass is 300 g/mol. The van der Waals surface area contributed by atoms with Gasteiger partial charge in [-0.25, -0.2) is 8.78 Å². The number of benzene rings is 1. The normalized spacial score (nSPS) is 10.3. The van der Waals surface area contributed by atoms with Crippen molar-refractivity contribution < 1.29 is 13.6 Å². The van der Waals surface area contributed by atoms with E-state index in [0.717, 1.165) is 12.1 Å². The lowest BCUT2D eigenvalue weighted by Crippen LogP contribution is -2.14. The number of nitrogens with one attached hydrogen (secondary N) is 2. The fourth-order valence-corrected chi connectivity index (χ4v) is 1.64. The molecule has 2 N–H and O–H groups in total. The molecule has 17 heavy (non-hydrogen) atoms. The summed E-state index contributed by atoms with van der Waals surface area (Å²) in [6, 6.07) is 4.88. The van der Waals surface area contributed by atoms with Crippen molar-refractivity contribution in [3.05, 3.63) is 52.3 Å². The molecule has 0 saturated heterocycles. The van der Waals surface area contributed by atoms with Crippen LogP contribution < -0.4 is 5.32 Å². The molecule has 2 rings (SSSR count). The summed E-state index contributed by atoms with van der Waals surface area (Å²) in [7, 11) is 0.